The number of hydrogen-bond acceptors (Lipinski definition) is 6. The Kier molecular flexibility index (Phi) is 4.35. The number of carbonyl (C=O) groups excluding carboxylic acids is 2. The minimum Gasteiger partial charge on any atom is -0.447 e. The van der Waals surface area contributed by atoms with Crippen LogP contribution in [0.15, 0.2) is 40.8 Å². The van der Waals surface area contributed by atoms with Gasteiger partial charge in [-0.3, -0.25) is 4.79 Å². The Bertz CT molecular complexity index is 864. The van der Waals surface area contributed by atoms with Crippen molar-refractivity contribution in [1.29, 1.82) is 0 Å². The number of furan rings is 1. The van der Waals surface area contributed by atoms with Gasteiger partial charge in [-0.15, -0.1) is 11.3 Å². The lowest BCUT2D eigenvalue weighted by Crippen LogP contribution is -2.34. The molecule has 0 saturated carbocycles. The van der Waals surface area contributed by atoms with Crippen LogP contribution in [0.25, 0.3) is 21.0 Å². The van der Waals surface area contributed by atoms with E-state index in [-0.39, 0.29) is 11.7 Å². The van der Waals surface area contributed by atoms with Crippen LogP contribution in [0.4, 0.5) is 0 Å². The minimum atomic E-state index is -0.872. The second-order valence-electron chi connectivity index (χ2n) is 5.43. The van der Waals surface area contributed by atoms with Crippen molar-refractivity contribution in [2.75, 3.05) is 14.1 Å². The minimum absolute atomic E-state index is 0.0441. The van der Waals surface area contributed by atoms with E-state index in [1.54, 1.807) is 20.2 Å². The van der Waals surface area contributed by atoms with Crippen molar-refractivity contribution in [3.8, 4) is 10.8 Å². The molecule has 2 heterocycles. The molecule has 0 aliphatic carbocycles. The molecule has 6 nitrogen and oxygen atoms in total. The van der Waals surface area contributed by atoms with Crippen LogP contribution in [-0.4, -0.2) is 42.0 Å². The predicted molar refractivity (Wildman–Crippen MR) is 90.9 cm³/mol. The molecule has 1 amide bonds. The number of nitrogens with zero attached hydrogens (tertiary/aromatic N) is 2. The number of carbonyl (C=O) groups is 2. The molecule has 1 aromatic carbocycles. The van der Waals surface area contributed by atoms with Gasteiger partial charge >= 0.3 is 5.97 Å². The van der Waals surface area contributed by atoms with Crippen molar-refractivity contribution in [1.82, 2.24) is 9.88 Å². The number of thiazole rings is 1. The summed E-state index contributed by atoms with van der Waals surface area (Å²) < 4.78 is 11.7. The topological polar surface area (TPSA) is 72.6 Å². The van der Waals surface area contributed by atoms with Gasteiger partial charge in [-0.1, -0.05) is 12.1 Å². The van der Waals surface area contributed by atoms with Crippen LogP contribution in [-0.2, 0) is 9.53 Å². The molecule has 1 unspecified atom stereocenters. The maximum atomic E-state index is 12.1. The van der Waals surface area contributed by atoms with E-state index in [2.05, 4.69) is 4.98 Å². The van der Waals surface area contributed by atoms with Gasteiger partial charge in [0.05, 0.1) is 10.2 Å². The first kappa shape index (κ1) is 16.2. The van der Waals surface area contributed by atoms with Gasteiger partial charge < -0.3 is 14.1 Å². The van der Waals surface area contributed by atoms with E-state index in [4.69, 9.17) is 9.15 Å². The third-order valence-electron chi connectivity index (χ3n) is 3.38. The molecule has 0 radical (unpaired) electrons. The summed E-state index contributed by atoms with van der Waals surface area (Å²) in [6.07, 6.45) is -0.872. The third-order valence-corrected chi connectivity index (χ3v) is 4.44. The van der Waals surface area contributed by atoms with Crippen LogP contribution < -0.4 is 0 Å². The Balaban J connectivity index is 1.77. The highest BCUT2D eigenvalue weighted by atomic mass is 32.1. The van der Waals surface area contributed by atoms with Gasteiger partial charge in [-0.05, 0) is 31.2 Å². The highest BCUT2D eigenvalue weighted by Gasteiger charge is 2.23. The van der Waals surface area contributed by atoms with Gasteiger partial charge in [-0.25, -0.2) is 9.78 Å². The van der Waals surface area contributed by atoms with Crippen molar-refractivity contribution < 1.29 is 18.7 Å². The summed E-state index contributed by atoms with van der Waals surface area (Å²) in [5.74, 6) is -0.427. The Hall–Kier alpha value is -2.67. The highest BCUT2D eigenvalue weighted by Crippen LogP contribution is 2.31. The van der Waals surface area contributed by atoms with Gasteiger partial charge in [0.25, 0.3) is 5.91 Å². The fourth-order valence-electron chi connectivity index (χ4n) is 2.17. The summed E-state index contributed by atoms with van der Waals surface area (Å²) in [6.45, 7) is 1.53. The van der Waals surface area contributed by atoms with Gasteiger partial charge in [0.2, 0.25) is 5.76 Å². The molecule has 0 N–H and O–H groups in total. The van der Waals surface area contributed by atoms with Crippen LogP contribution in [0.3, 0.4) is 0 Å². The molecule has 3 aromatic rings. The number of hydrogen-bond donors (Lipinski definition) is 0. The number of fused-ring (bicyclic) bond motifs is 1. The van der Waals surface area contributed by atoms with E-state index in [0.717, 1.165) is 10.2 Å². The zero-order chi connectivity index (χ0) is 17.3. The molecule has 0 aliphatic heterocycles. The monoisotopic (exact) mass is 344 g/mol. The molecule has 0 aliphatic rings. The molecule has 1 atom stereocenters. The molecule has 24 heavy (non-hydrogen) atoms. The summed E-state index contributed by atoms with van der Waals surface area (Å²) in [6, 6.07) is 11.0. The average molecular weight is 344 g/mol. The number of benzene rings is 1. The lowest BCUT2D eigenvalue weighted by atomic mass is 10.3. The normalized spacial score (nSPS) is 12.1. The van der Waals surface area contributed by atoms with Crippen molar-refractivity contribution in [2.24, 2.45) is 0 Å². The molecule has 3 rings (SSSR count). The van der Waals surface area contributed by atoms with E-state index < -0.39 is 12.1 Å². The molecule has 0 fully saturated rings. The predicted octanol–water partition coefficient (Wildman–Crippen LogP) is 3.19. The quantitative estimate of drug-likeness (QED) is 0.680. The Morgan fingerprint density at radius 3 is 2.67 bits per heavy atom. The van der Waals surface area contributed by atoms with Gasteiger partial charge in [-0.2, -0.15) is 0 Å². The first-order valence-corrected chi connectivity index (χ1v) is 8.15. The second kappa shape index (κ2) is 6.45. The molecular weight excluding hydrogens is 328 g/mol. The average Bonchev–Trinajstić information content (AvgIpc) is 3.20. The van der Waals surface area contributed by atoms with Crippen LogP contribution in [0.2, 0.25) is 0 Å². The fraction of sp³-hybridized carbons (Fsp3) is 0.235. The first-order valence-electron chi connectivity index (χ1n) is 7.33. The number of rotatable bonds is 4. The lowest BCUT2D eigenvalue weighted by Gasteiger charge is -2.16. The van der Waals surface area contributed by atoms with E-state index >= 15 is 0 Å². The number of likely N-dealkylation sites (N-methyl/N-ethyl adjacent to an activating group) is 1. The highest BCUT2D eigenvalue weighted by molar-refractivity contribution is 7.21. The van der Waals surface area contributed by atoms with E-state index in [1.165, 1.54) is 29.2 Å². The zero-order valence-corrected chi connectivity index (χ0v) is 14.3. The molecule has 0 bridgehead atoms. The molecule has 7 heteroatoms. The fourth-order valence-corrected chi connectivity index (χ4v) is 3.10. The molecule has 2 aromatic heterocycles. The number of esters is 1. The lowest BCUT2D eigenvalue weighted by molar-refractivity contribution is -0.137. The van der Waals surface area contributed by atoms with Crippen molar-refractivity contribution in [2.45, 2.75) is 13.0 Å². The Morgan fingerprint density at radius 2 is 1.96 bits per heavy atom. The summed E-state index contributed by atoms with van der Waals surface area (Å²) >= 11 is 1.48. The van der Waals surface area contributed by atoms with Crippen molar-refractivity contribution >= 4 is 33.4 Å². The summed E-state index contributed by atoms with van der Waals surface area (Å²) in [4.78, 5) is 29.7. The summed E-state index contributed by atoms with van der Waals surface area (Å²) in [7, 11) is 3.20. The van der Waals surface area contributed by atoms with Crippen molar-refractivity contribution in [3.05, 3.63) is 42.2 Å². The molecular formula is C17H16N2O4S. The summed E-state index contributed by atoms with van der Waals surface area (Å²) in [5.41, 5.74) is 0.878. The van der Waals surface area contributed by atoms with E-state index in [9.17, 15) is 9.59 Å². The summed E-state index contributed by atoms with van der Waals surface area (Å²) in [5, 5.41) is 0.688. The van der Waals surface area contributed by atoms with Crippen molar-refractivity contribution in [3.63, 3.8) is 0 Å². The standard InChI is InChI=1S/C17H16N2O4S/c1-10(16(20)19(2)3)22-17(21)13-9-8-12(23-13)15-18-11-6-4-5-7-14(11)24-15/h4-10H,1-3H3. The number of amides is 1. The number of ether oxygens (including phenoxy) is 1. The van der Waals surface area contributed by atoms with Gasteiger partial charge in [0, 0.05) is 14.1 Å². The third kappa shape index (κ3) is 3.16. The smallest absolute Gasteiger partial charge is 0.375 e. The zero-order valence-electron chi connectivity index (χ0n) is 13.5. The van der Waals surface area contributed by atoms with E-state index in [0.29, 0.717) is 10.8 Å². The SMILES string of the molecule is CC(OC(=O)c1ccc(-c2nc3ccccc3s2)o1)C(=O)N(C)C. The van der Waals surface area contributed by atoms with E-state index in [1.807, 2.05) is 24.3 Å². The Labute approximate surface area is 142 Å². The second-order valence-corrected chi connectivity index (χ2v) is 6.46. The van der Waals surface area contributed by atoms with Crippen LogP contribution in [0.5, 0.6) is 0 Å². The van der Waals surface area contributed by atoms with Crippen LogP contribution in [0.1, 0.15) is 17.5 Å². The number of para-hydroxylation sites is 1. The maximum absolute atomic E-state index is 12.1. The number of aromatic nitrogens is 1. The maximum Gasteiger partial charge on any atom is 0.375 e. The van der Waals surface area contributed by atoms with Crippen LogP contribution in [0, 0.1) is 0 Å². The molecule has 124 valence electrons. The Morgan fingerprint density at radius 1 is 1.21 bits per heavy atom. The van der Waals surface area contributed by atoms with Gasteiger partial charge in [0.15, 0.2) is 16.9 Å². The van der Waals surface area contributed by atoms with Crippen LogP contribution >= 0.6 is 11.3 Å². The first-order chi connectivity index (χ1) is 11.5. The molecule has 0 spiro atoms. The largest absolute Gasteiger partial charge is 0.447 e. The molecule has 0 saturated heterocycles. The van der Waals surface area contributed by atoms with Gasteiger partial charge in [0.1, 0.15) is 0 Å².